The van der Waals surface area contributed by atoms with E-state index in [2.05, 4.69) is 41.9 Å². The fraction of sp³-hybridized carbons (Fsp3) is 0.765. The number of carbonyl (C=O) groups excluding carboxylic acids is 1. The molecule has 2 amide bonds. The van der Waals surface area contributed by atoms with Crippen LogP contribution in [0, 0.1) is 0 Å². The second kappa shape index (κ2) is 6.53. The van der Waals surface area contributed by atoms with E-state index in [1.807, 2.05) is 0 Å². The van der Waals surface area contributed by atoms with Crippen molar-refractivity contribution < 1.29 is 13.2 Å². The van der Waals surface area contributed by atoms with E-state index in [-0.39, 0.29) is 35.0 Å². The van der Waals surface area contributed by atoms with Gasteiger partial charge in [-0.05, 0) is 6.07 Å². The van der Waals surface area contributed by atoms with Crippen molar-refractivity contribution in [3.8, 4) is 0 Å². The van der Waals surface area contributed by atoms with Crippen LogP contribution in [-0.2, 0) is 21.8 Å². The molecule has 3 rings (SSSR count). The lowest BCUT2D eigenvalue weighted by molar-refractivity contribution is 0.0513. The molecule has 0 radical (unpaired) electrons. The first-order valence-electron chi connectivity index (χ1n) is 8.95. The third-order valence-electron chi connectivity index (χ3n) is 5.19. The maximum Gasteiger partial charge on any atom is 0.319 e. The molecule has 0 aliphatic carbocycles. The highest BCUT2D eigenvalue weighted by molar-refractivity contribution is 7.91. The summed E-state index contributed by atoms with van der Waals surface area (Å²) in [6, 6.07) is 1.48. The fourth-order valence-electron chi connectivity index (χ4n) is 3.76. The average molecular weight is 384 g/mol. The highest BCUT2D eigenvalue weighted by Crippen LogP contribution is 2.29. The minimum Gasteiger partial charge on any atom is -0.331 e. The van der Waals surface area contributed by atoms with E-state index in [1.165, 1.54) is 4.90 Å². The monoisotopic (exact) mass is 383 g/mol. The van der Waals surface area contributed by atoms with Gasteiger partial charge < -0.3 is 9.80 Å². The molecule has 1 aromatic heterocycles. The number of fused-ring (bicyclic) bond motifs is 1. The number of nitrogens with zero attached hydrogens (tertiary/aromatic N) is 4. The van der Waals surface area contributed by atoms with Crippen molar-refractivity contribution in [1.82, 2.24) is 24.9 Å². The van der Waals surface area contributed by atoms with Crippen LogP contribution in [0.4, 0.5) is 4.79 Å². The Balaban J connectivity index is 1.80. The second-order valence-electron chi connectivity index (χ2n) is 8.58. The summed E-state index contributed by atoms with van der Waals surface area (Å²) in [5.41, 5.74) is 1.93. The SMILES string of the molecule is CN(C)C(=O)N1CCN(Cc2cc(C(C)(C)C)n[nH]2)[C@H]2CS(=O)(=O)C[C@H]21. The van der Waals surface area contributed by atoms with Gasteiger partial charge in [-0.3, -0.25) is 10.00 Å². The maximum atomic E-state index is 12.5. The van der Waals surface area contributed by atoms with E-state index >= 15 is 0 Å². The Bertz CT molecular complexity index is 781. The number of aromatic amines is 1. The highest BCUT2D eigenvalue weighted by atomic mass is 32.2. The molecule has 8 nitrogen and oxygen atoms in total. The Labute approximate surface area is 155 Å². The number of carbonyl (C=O) groups is 1. The van der Waals surface area contributed by atoms with E-state index in [0.717, 1.165) is 11.4 Å². The summed E-state index contributed by atoms with van der Waals surface area (Å²) in [6.45, 7) is 8.13. The smallest absolute Gasteiger partial charge is 0.319 e. The molecule has 146 valence electrons. The predicted molar refractivity (Wildman–Crippen MR) is 99.7 cm³/mol. The van der Waals surface area contributed by atoms with Crippen LogP contribution < -0.4 is 0 Å². The molecule has 2 aliphatic heterocycles. The van der Waals surface area contributed by atoms with Crippen molar-refractivity contribution in [3.63, 3.8) is 0 Å². The third kappa shape index (κ3) is 3.73. The Kier molecular flexibility index (Phi) is 4.81. The minimum atomic E-state index is -3.14. The molecule has 1 N–H and O–H groups in total. The van der Waals surface area contributed by atoms with Crippen LogP contribution in [0.1, 0.15) is 32.2 Å². The van der Waals surface area contributed by atoms with Crippen LogP contribution in [0.5, 0.6) is 0 Å². The normalized spacial score (nSPS) is 26.0. The number of amides is 2. The molecule has 1 aromatic rings. The Morgan fingerprint density at radius 3 is 2.50 bits per heavy atom. The van der Waals surface area contributed by atoms with Gasteiger partial charge in [-0.2, -0.15) is 5.10 Å². The summed E-state index contributed by atoms with van der Waals surface area (Å²) < 4.78 is 24.5. The van der Waals surface area contributed by atoms with Gasteiger partial charge in [0.15, 0.2) is 9.84 Å². The molecule has 9 heteroatoms. The highest BCUT2D eigenvalue weighted by Gasteiger charge is 2.48. The van der Waals surface area contributed by atoms with Gasteiger partial charge >= 0.3 is 6.03 Å². The van der Waals surface area contributed by atoms with E-state index in [4.69, 9.17) is 0 Å². The number of hydrogen-bond donors (Lipinski definition) is 1. The first-order chi connectivity index (χ1) is 12.0. The number of piperazine rings is 1. The zero-order valence-electron chi connectivity index (χ0n) is 16.2. The summed E-state index contributed by atoms with van der Waals surface area (Å²) in [6.07, 6.45) is 0. The first kappa shape index (κ1) is 19.2. The van der Waals surface area contributed by atoms with Crippen LogP contribution in [0.15, 0.2) is 6.07 Å². The van der Waals surface area contributed by atoms with E-state index in [0.29, 0.717) is 19.6 Å². The third-order valence-corrected chi connectivity index (χ3v) is 6.89. The van der Waals surface area contributed by atoms with Crippen molar-refractivity contribution >= 4 is 15.9 Å². The minimum absolute atomic E-state index is 0.0369. The van der Waals surface area contributed by atoms with Crippen molar-refractivity contribution in [1.29, 1.82) is 0 Å². The Morgan fingerprint density at radius 2 is 1.92 bits per heavy atom. The zero-order valence-corrected chi connectivity index (χ0v) is 17.0. The predicted octanol–water partition coefficient (Wildman–Crippen LogP) is 0.672. The summed E-state index contributed by atoms with van der Waals surface area (Å²) >= 11 is 0. The summed E-state index contributed by atoms with van der Waals surface area (Å²) in [5, 5.41) is 7.47. The van der Waals surface area contributed by atoms with Gasteiger partial charge in [0.05, 0.1) is 23.2 Å². The molecule has 26 heavy (non-hydrogen) atoms. The number of sulfone groups is 1. The number of rotatable bonds is 2. The van der Waals surface area contributed by atoms with E-state index in [1.54, 1.807) is 19.0 Å². The average Bonchev–Trinajstić information content (AvgIpc) is 3.10. The molecule has 2 fully saturated rings. The van der Waals surface area contributed by atoms with Crippen molar-refractivity contribution in [2.45, 2.75) is 44.8 Å². The zero-order chi connectivity index (χ0) is 19.3. The summed E-state index contributed by atoms with van der Waals surface area (Å²) in [7, 11) is 0.256. The molecular weight excluding hydrogens is 354 g/mol. The molecule has 3 heterocycles. The molecule has 0 saturated carbocycles. The van der Waals surface area contributed by atoms with Gasteiger partial charge in [0.25, 0.3) is 0 Å². The molecule has 2 saturated heterocycles. The van der Waals surface area contributed by atoms with Crippen LogP contribution in [0.25, 0.3) is 0 Å². The lowest BCUT2D eigenvalue weighted by Gasteiger charge is -2.44. The molecule has 2 atom stereocenters. The number of aromatic nitrogens is 2. The van der Waals surface area contributed by atoms with Gasteiger partial charge in [0, 0.05) is 50.9 Å². The van der Waals surface area contributed by atoms with Crippen LogP contribution >= 0.6 is 0 Å². The van der Waals surface area contributed by atoms with Gasteiger partial charge in [-0.1, -0.05) is 20.8 Å². The first-order valence-corrected chi connectivity index (χ1v) is 10.8. The van der Waals surface area contributed by atoms with Crippen LogP contribution in [0.3, 0.4) is 0 Å². The molecule has 0 aromatic carbocycles. The van der Waals surface area contributed by atoms with Crippen molar-refractivity contribution in [2.24, 2.45) is 0 Å². The Hall–Kier alpha value is -1.61. The number of hydrogen-bond acceptors (Lipinski definition) is 5. The maximum absolute atomic E-state index is 12.5. The molecule has 0 bridgehead atoms. The van der Waals surface area contributed by atoms with Crippen molar-refractivity contribution in [2.75, 3.05) is 38.7 Å². The lowest BCUT2D eigenvalue weighted by Crippen LogP contribution is -2.61. The standard InChI is InChI=1S/C17H29N5O3S/c1-17(2,3)15-8-12(18-19-15)9-21-6-7-22(16(23)20(4)5)14-11-26(24,25)10-13(14)21/h8,13-14H,6-7,9-11H2,1-5H3,(H,18,19)/t13-,14+/m0/s1. The van der Waals surface area contributed by atoms with Gasteiger partial charge in [-0.15, -0.1) is 0 Å². The second-order valence-corrected chi connectivity index (χ2v) is 10.7. The van der Waals surface area contributed by atoms with Gasteiger partial charge in [-0.25, -0.2) is 13.2 Å². The lowest BCUT2D eigenvalue weighted by atomic mass is 9.92. The van der Waals surface area contributed by atoms with E-state index in [9.17, 15) is 13.2 Å². The van der Waals surface area contributed by atoms with Crippen LogP contribution in [0.2, 0.25) is 0 Å². The fourth-order valence-corrected chi connectivity index (χ4v) is 5.77. The topological polar surface area (TPSA) is 89.6 Å². The largest absolute Gasteiger partial charge is 0.331 e. The number of nitrogens with one attached hydrogen (secondary N) is 1. The number of H-pyrrole nitrogens is 1. The number of urea groups is 1. The van der Waals surface area contributed by atoms with Crippen LogP contribution in [-0.4, -0.2) is 90.1 Å². The van der Waals surface area contributed by atoms with Gasteiger partial charge in [0.1, 0.15) is 0 Å². The molecule has 0 spiro atoms. The molecular formula is C17H29N5O3S. The van der Waals surface area contributed by atoms with Crippen molar-refractivity contribution in [3.05, 3.63) is 17.5 Å². The molecule has 2 aliphatic rings. The molecule has 0 unspecified atom stereocenters. The van der Waals surface area contributed by atoms with E-state index < -0.39 is 9.84 Å². The Morgan fingerprint density at radius 1 is 1.27 bits per heavy atom. The summed E-state index contributed by atoms with van der Waals surface area (Å²) in [5.74, 6) is 0.152. The van der Waals surface area contributed by atoms with Gasteiger partial charge in [0.2, 0.25) is 0 Å². The quantitative estimate of drug-likeness (QED) is 0.811. The summed E-state index contributed by atoms with van der Waals surface area (Å²) in [4.78, 5) is 17.9.